The average Bonchev–Trinajstić information content (AvgIpc) is 3.26. The predicted molar refractivity (Wildman–Crippen MR) is 110 cm³/mol. The van der Waals surface area contributed by atoms with E-state index in [1.54, 1.807) is 30.7 Å². The molecule has 0 unspecified atom stereocenters. The zero-order valence-corrected chi connectivity index (χ0v) is 16.4. The van der Waals surface area contributed by atoms with Gasteiger partial charge < -0.3 is 4.57 Å². The summed E-state index contributed by atoms with van der Waals surface area (Å²) >= 11 is 12.7. The molecule has 2 heterocycles. The van der Waals surface area contributed by atoms with Gasteiger partial charge in [0.05, 0.1) is 22.6 Å². The molecule has 0 saturated heterocycles. The molecule has 0 aliphatic carbocycles. The Hall–Kier alpha value is -2.89. The van der Waals surface area contributed by atoms with E-state index >= 15 is 0 Å². The van der Waals surface area contributed by atoms with Crippen molar-refractivity contribution in [3.05, 3.63) is 82.9 Å². The Morgan fingerprint density at radius 2 is 1.89 bits per heavy atom. The molecule has 5 nitrogen and oxygen atoms in total. The lowest BCUT2D eigenvalue weighted by Crippen LogP contribution is -2.31. The van der Waals surface area contributed by atoms with Gasteiger partial charge in [-0.15, -0.1) is 0 Å². The number of rotatable bonds is 3. The predicted octanol–water partition coefficient (Wildman–Crippen LogP) is 4.59. The van der Waals surface area contributed by atoms with Gasteiger partial charge in [0.2, 0.25) is 5.91 Å². The first-order valence-electron chi connectivity index (χ1n) is 8.55. The topological polar surface area (TPSA) is 55.2 Å². The van der Waals surface area contributed by atoms with E-state index < -0.39 is 5.91 Å². The maximum absolute atomic E-state index is 12.9. The van der Waals surface area contributed by atoms with E-state index in [9.17, 15) is 9.59 Å². The van der Waals surface area contributed by atoms with Gasteiger partial charge in [0.15, 0.2) is 0 Å². The van der Waals surface area contributed by atoms with E-state index in [2.05, 4.69) is 4.98 Å². The molecule has 4 rings (SSSR count). The number of fused-ring (bicyclic) bond motifs is 1. The Bertz CT molecular complexity index is 1100. The summed E-state index contributed by atoms with van der Waals surface area (Å²) in [7, 11) is 0. The van der Waals surface area contributed by atoms with E-state index in [1.165, 1.54) is 6.92 Å². The quantitative estimate of drug-likeness (QED) is 0.592. The molecule has 3 aromatic rings. The molecule has 7 heteroatoms. The van der Waals surface area contributed by atoms with Crippen molar-refractivity contribution in [2.45, 2.75) is 13.5 Å². The summed E-state index contributed by atoms with van der Waals surface area (Å²) in [6.45, 7) is 2.02. The minimum atomic E-state index is -0.447. The molecule has 0 spiro atoms. The molecule has 1 aliphatic heterocycles. The highest BCUT2D eigenvalue weighted by Crippen LogP contribution is 2.43. The lowest BCUT2D eigenvalue weighted by Gasteiger charge is -2.12. The van der Waals surface area contributed by atoms with Crippen LogP contribution in [0.4, 0.5) is 5.69 Å². The summed E-state index contributed by atoms with van der Waals surface area (Å²) in [5, 5.41) is 0.741. The minimum absolute atomic E-state index is 0.297. The second-order valence-corrected chi connectivity index (χ2v) is 7.26. The minimum Gasteiger partial charge on any atom is -0.333 e. The highest BCUT2D eigenvalue weighted by Gasteiger charge is 2.37. The van der Waals surface area contributed by atoms with Crippen molar-refractivity contribution in [1.29, 1.82) is 0 Å². The fourth-order valence-corrected chi connectivity index (χ4v) is 3.73. The molecular weight excluding hydrogens is 397 g/mol. The number of anilines is 1. The highest BCUT2D eigenvalue weighted by molar-refractivity contribution is 6.60. The molecule has 0 fully saturated rings. The number of hydrogen-bond donors (Lipinski definition) is 0. The highest BCUT2D eigenvalue weighted by atomic mass is 35.5. The van der Waals surface area contributed by atoms with Gasteiger partial charge >= 0.3 is 0 Å². The third-order valence-corrected chi connectivity index (χ3v) is 5.20. The number of aromatic nitrogens is 2. The van der Waals surface area contributed by atoms with Gasteiger partial charge in [-0.05, 0) is 23.3 Å². The van der Waals surface area contributed by atoms with Crippen LogP contribution in [0.25, 0.3) is 10.6 Å². The molecular formula is C21H15Cl2N3O2. The maximum atomic E-state index is 12.9. The Morgan fingerprint density at radius 3 is 2.54 bits per heavy atom. The van der Waals surface area contributed by atoms with Gasteiger partial charge in [-0.3, -0.25) is 9.59 Å². The second kappa shape index (κ2) is 7.26. The van der Waals surface area contributed by atoms with Crippen LogP contribution >= 0.6 is 23.2 Å². The molecule has 1 aromatic heterocycles. The van der Waals surface area contributed by atoms with E-state index in [4.69, 9.17) is 23.2 Å². The molecule has 0 bridgehead atoms. The van der Waals surface area contributed by atoms with Crippen LogP contribution < -0.4 is 4.90 Å². The van der Waals surface area contributed by atoms with Crippen molar-refractivity contribution in [2.75, 3.05) is 4.90 Å². The fraction of sp³-hybridized carbons (Fsp3) is 0.0952. The van der Waals surface area contributed by atoms with Crippen LogP contribution in [-0.4, -0.2) is 21.4 Å². The zero-order chi connectivity index (χ0) is 19.8. The number of hydrogen-bond acceptors (Lipinski definition) is 3. The molecule has 0 N–H and O–H groups in total. The number of nitrogens with zero attached hydrogens (tertiary/aromatic N) is 3. The third-order valence-electron chi connectivity index (χ3n) is 4.55. The summed E-state index contributed by atoms with van der Waals surface area (Å²) < 4.78 is 1.96. The van der Waals surface area contributed by atoms with E-state index in [-0.39, 0.29) is 5.91 Å². The smallest absolute Gasteiger partial charge is 0.267 e. The van der Waals surface area contributed by atoms with Crippen molar-refractivity contribution < 1.29 is 9.59 Å². The van der Waals surface area contributed by atoms with Crippen molar-refractivity contribution in [1.82, 2.24) is 9.55 Å². The van der Waals surface area contributed by atoms with Crippen LogP contribution in [0.1, 0.15) is 23.6 Å². The Labute approximate surface area is 171 Å². The molecule has 2 aromatic carbocycles. The average molecular weight is 412 g/mol. The van der Waals surface area contributed by atoms with Crippen molar-refractivity contribution in [3.8, 4) is 0 Å². The number of carbonyl (C=O) groups is 2. The van der Waals surface area contributed by atoms with Crippen molar-refractivity contribution >= 4 is 51.3 Å². The summed E-state index contributed by atoms with van der Waals surface area (Å²) in [4.78, 5) is 30.1. The van der Waals surface area contributed by atoms with Crippen LogP contribution in [0.2, 0.25) is 5.02 Å². The number of imide groups is 1. The fourth-order valence-electron chi connectivity index (χ4n) is 3.25. The van der Waals surface area contributed by atoms with E-state index in [1.807, 2.05) is 35.0 Å². The van der Waals surface area contributed by atoms with Gasteiger partial charge in [-0.2, -0.15) is 0 Å². The van der Waals surface area contributed by atoms with Crippen LogP contribution in [0.15, 0.2) is 61.2 Å². The Morgan fingerprint density at radius 1 is 1.14 bits per heavy atom. The Balaban J connectivity index is 1.74. The van der Waals surface area contributed by atoms with Gasteiger partial charge in [0, 0.05) is 36.4 Å². The summed E-state index contributed by atoms with van der Waals surface area (Å²) in [6.07, 6.45) is 5.36. The maximum Gasteiger partial charge on any atom is 0.267 e. The normalized spacial score (nSPS) is 15.0. The van der Waals surface area contributed by atoms with Gasteiger partial charge in [-0.25, -0.2) is 9.88 Å². The lowest BCUT2D eigenvalue weighted by atomic mass is 10.0. The SMILES string of the molecule is CC(=O)N1C(=O)/C(=C(/Cl)c2ccc(Cn3ccnc3)cc2)c2ccc(Cl)cc21. The third kappa shape index (κ3) is 3.23. The molecule has 1 aliphatic rings. The first-order valence-corrected chi connectivity index (χ1v) is 9.31. The second-order valence-electron chi connectivity index (χ2n) is 6.44. The lowest BCUT2D eigenvalue weighted by molar-refractivity contribution is -0.122. The molecule has 0 saturated carbocycles. The number of amides is 2. The molecule has 2 amide bonds. The largest absolute Gasteiger partial charge is 0.333 e. The Kier molecular flexibility index (Phi) is 4.79. The standard InChI is InChI=1S/C21H15Cl2N3O2/c1-13(27)26-18-10-16(22)6-7-17(18)19(21(26)28)20(23)15-4-2-14(3-5-15)11-25-9-8-24-12-25/h2-10,12H,11H2,1H3/b20-19+. The number of halogens is 2. The first-order chi connectivity index (χ1) is 13.5. The van der Waals surface area contributed by atoms with Crippen LogP contribution in [-0.2, 0) is 16.1 Å². The number of carbonyl (C=O) groups excluding carboxylic acids is 2. The van der Waals surface area contributed by atoms with Crippen molar-refractivity contribution in [3.63, 3.8) is 0 Å². The van der Waals surface area contributed by atoms with Crippen LogP contribution in [0.3, 0.4) is 0 Å². The van der Waals surface area contributed by atoms with E-state index in [0.29, 0.717) is 39.0 Å². The van der Waals surface area contributed by atoms with Gasteiger partial charge in [0.25, 0.3) is 5.91 Å². The monoisotopic (exact) mass is 411 g/mol. The van der Waals surface area contributed by atoms with Crippen LogP contribution in [0.5, 0.6) is 0 Å². The molecule has 140 valence electrons. The van der Waals surface area contributed by atoms with Crippen LogP contribution in [0, 0.1) is 0 Å². The van der Waals surface area contributed by atoms with Gasteiger partial charge in [0.1, 0.15) is 0 Å². The number of imidazole rings is 1. The van der Waals surface area contributed by atoms with E-state index in [0.717, 1.165) is 10.5 Å². The number of benzene rings is 2. The summed E-state index contributed by atoms with van der Waals surface area (Å²) in [5.74, 6) is -0.832. The molecule has 28 heavy (non-hydrogen) atoms. The summed E-state index contributed by atoms with van der Waals surface area (Å²) in [5.41, 5.74) is 3.12. The van der Waals surface area contributed by atoms with Gasteiger partial charge in [-0.1, -0.05) is 53.5 Å². The summed E-state index contributed by atoms with van der Waals surface area (Å²) in [6, 6.07) is 12.6. The molecule has 0 atom stereocenters. The molecule has 0 radical (unpaired) electrons. The van der Waals surface area contributed by atoms with Crippen molar-refractivity contribution in [2.24, 2.45) is 0 Å². The first kappa shape index (κ1) is 18.5. The zero-order valence-electron chi connectivity index (χ0n) is 14.9.